The fraction of sp³-hybridized carbons (Fsp3) is 0.350. The van der Waals surface area contributed by atoms with Crippen molar-refractivity contribution < 1.29 is 4.92 Å². The van der Waals surface area contributed by atoms with Crippen LogP contribution >= 0.6 is 24.8 Å². The Morgan fingerprint density at radius 1 is 1.11 bits per heavy atom. The zero-order valence-corrected chi connectivity index (χ0v) is 17.8. The van der Waals surface area contributed by atoms with Crippen molar-refractivity contribution in [3.63, 3.8) is 0 Å². The van der Waals surface area contributed by atoms with Crippen LogP contribution in [0.3, 0.4) is 0 Å². The molecule has 28 heavy (non-hydrogen) atoms. The van der Waals surface area contributed by atoms with Gasteiger partial charge in [-0.25, -0.2) is 4.98 Å². The first-order valence-electron chi connectivity index (χ1n) is 8.71. The van der Waals surface area contributed by atoms with Crippen LogP contribution in [0.2, 0.25) is 0 Å². The maximum atomic E-state index is 11.7. The van der Waals surface area contributed by atoms with E-state index in [0.717, 1.165) is 35.9 Å². The number of pyridine rings is 1. The van der Waals surface area contributed by atoms with Crippen molar-refractivity contribution in [1.29, 1.82) is 0 Å². The van der Waals surface area contributed by atoms with Gasteiger partial charge in [0, 0.05) is 17.0 Å². The van der Waals surface area contributed by atoms with Crippen LogP contribution in [0, 0.1) is 10.1 Å². The highest BCUT2D eigenvalue weighted by molar-refractivity contribution is 6.02. The first-order valence-corrected chi connectivity index (χ1v) is 8.71. The average Bonchev–Trinajstić information content (AvgIpc) is 2.58. The lowest BCUT2D eigenvalue weighted by atomic mass is 9.83. The Kier molecular flexibility index (Phi) is 8.14. The molecule has 0 radical (unpaired) electrons. The summed E-state index contributed by atoms with van der Waals surface area (Å²) in [4.78, 5) is 18.1. The van der Waals surface area contributed by atoms with Gasteiger partial charge in [-0.15, -0.1) is 24.8 Å². The molecule has 3 aromatic rings. The molecule has 6 nitrogen and oxygen atoms in total. The fourth-order valence-corrected chi connectivity index (χ4v) is 3.56. The van der Waals surface area contributed by atoms with E-state index in [0.29, 0.717) is 10.9 Å². The molecule has 3 rings (SSSR count). The van der Waals surface area contributed by atoms with Gasteiger partial charge in [-0.1, -0.05) is 24.3 Å². The van der Waals surface area contributed by atoms with E-state index < -0.39 is 5.54 Å². The number of aromatic nitrogens is 1. The van der Waals surface area contributed by atoms with E-state index in [-0.39, 0.29) is 35.4 Å². The van der Waals surface area contributed by atoms with E-state index >= 15 is 0 Å². The van der Waals surface area contributed by atoms with Gasteiger partial charge < -0.3 is 10.6 Å². The minimum Gasteiger partial charge on any atom is -0.322 e. The molecule has 0 amide bonds. The van der Waals surface area contributed by atoms with Crippen LogP contribution in [0.25, 0.3) is 21.8 Å². The molecule has 0 aliphatic heterocycles. The van der Waals surface area contributed by atoms with Gasteiger partial charge in [-0.3, -0.25) is 10.1 Å². The number of hydrogen-bond donors (Lipinski definition) is 1. The Balaban J connectivity index is 0.00000196. The lowest BCUT2D eigenvalue weighted by Gasteiger charge is -2.28. The molecule has 1 aromatic heterocycles. The third-order valence-corrected chi connectivity index (χ3v) is 4.75. The Morgan fingerprint density at radius 3 is 2.39 bits per heavy atom. The first kappa shape index (κ1) is 24.0. The van der Waals surface area contributed by atoms with Crippen molar-refractivity contribution >= 4 is 52.3 Å². The number of nitrogens with two attached hydrogens (primary N) is 1. The van der Waals surface area contributed by atoms with Gasteiger partial charge in [0.2, 0.25) is 0 Å². The molecule has 0 saturated heterocycles. The fourth-order valence-electron chi connectivity index (χ4n) is 3.56. The third kappa shape index (κ3) is 4.70. The van der Waals surface area contributed by atoms with Crippen LogP contribution in [-0.4, -0.2) is 35.4 Å². The topological polar surface area (TPSA) is 85.3 Å². The molecule has 2 aromatic carbocycles. The molecular formula is C20H26Cl2N4O2. The molecule has 152 valence electrons. The third-order valence-electron chi connectivity index (χ3n) is 4.75. The Labute approximate surface area is 177 Å². The van der Waals surface area contributed by atoms with Crippen molar-refractivity contribution in [1.82, 2.24) is 9.88 Å². The van der Waals surface area contributed by atoms with Crippen molar-refractivity contribution in [3.8, 4) is 0 Å². The van der Waals surface area contributed by atoms with E-state index in [4.69, 9.17) is 5.73 Å². The van der Waals surface area contributed by atoms with Gasteiger partial charge in [0.25, 0.3) is 5.69 Å². The SMILES string of the molecule is CN(C)CCCC(C)(N)c1c2ccccc2nc2cccc([N+](=O)[O-])c12.Cl.Cl. The first-order chi connectivity index (χ1) is 12.3. The van der Waals surface area contributed by atoms with Crippen LogP contribution in [-0.2, 0) is 5.54 Å². The van der Waals surface area contributed by atoms with E-state index in [9.17, 15) is 10.1 Å². The van der Waals surface area contributed by atoms with Gasteiger partial charge in [0.05, 0.1) is 21.3 Å². The lowest BCUT2D eigenvalue weighted by molar-refractivity contribution is -0.383. The predicted molar refractivity (Wildman–Crippen MR) is 120 cm³/mol. The van der Waals surface area contributed by atoms with Gasteiger partial charge in [-0.2, -0.15) is 0 Å². The number of nitro groups is 1. The number of nitrogens with zero attached hydrogens (tertiary/aromatic N) is 3. The molecule has 0 spiro atoms. The summed E-state index contributed by atoms with van der Waals surface area (Å²) < 4.78 is 0. The predicted octanol–water partition coefficient (Wildman–Crippen LogP) is 4.66. The summed E-state index contributed by atoms with van der Waals surface area (Å²) in [5.41, 5.74) is 8.33. The summed E-state index contributed by atoms with van der Waals surface area (Å²) in [6, 6.07) is 12.7. The number of non-ortho nitro benzene ring substituents is 1. The summed E-state index contributed by atoms with van der Waals surface area (Å²) in [6.07, 6.45) is 1.62. The highest BCUT2D eigenvalue weighted by Gasteiger charge is 2.30. The summed E-state index contributed by atoms with van der Waals surface area (Å²) >= 11 is 0. The van der Waals surface area contributed by atoms with Crippen molar-refractivity contribution in [3.05, 3.63) is 58.1 Å². The molecule has 1 atom stereocenters. The standard InChI is InChI=1S/C20H24N4O2.2ClH/c1-20(21,12-7-13-23(2)3)19-14-8-4-5-9-15(14)22-16-10-6-11-17(18(16)19)24(25)26;;/h4-6,8-11H,7,12-13,21H2,1-3H3;2*1H. The molecule has 0 aliphatic carbocycles. The molecule has 1 heterocycles. The number of fused-ring (bicyclic) bond motifs is 2. The number of benzene rings is 2. The van der Waals surface area contributed by atoms with Gasteiger partial charge in [0.15, 0.2) is 0 Å². The number of halogens is 2. The Hall–Kier alpha value is -1.99. The zero-order chi connectivity index (χ0) is 18.9. The lowest BCUT2D eigenvalue weighted by Crippen LogP contribution is -2.34. The summed E-state index contributed by atoms with van der Waals surface area (Å²) in [5.74, 6) is 0. The molecule has 0 saturated carbocycles. The molecule has 0 aliphatic rings. The molecule has 1 unspecified atom stereocenters. The largest absolute Gasteiger partial charge is 0.322 e. The second kappa shape index (κ2) is 9.47. The van der Waals surface area contributed by atoms with Gasteiger partial charge in [0.1, 0.15) is 0 Å². The van der Waals surface area contributed by atoms with Gasteiger partial charge in [-0.05, 0) is 58.1 Å². The van der Waals surface area contributed by atoms with Crippen LogP contribution in [0.4, 0.5) is 5.69 Å². The van der Waals surface area contributed by atoms with E-state index in [2.05, 4.69) is 9.88 Å². The molecular weight excluding hydrogens is 399 g/mol. The minimum atomic E-state index is -0.705. The van der Waals surface area contributed by atoms with E-state index in [1.165, 1.54) is 6.07 Å². The summed E-state index contributed by atoms with van der Waals surface area (Å²) in [5, 5.41) is 13.1. The highest BCUT2D eigenvalue weighted by atomic mass is 35.5. The smallest absolute Gasteiger partial charge is 0.279 e. The van der Waals surface area contributed by atoms with E-state index in [1.54, 1.807) is 6.07 Å². The average molecular weight is 425 g/mol. The molecule has 2 N–H and O–H groups in total. The normalized spacial score (nSPS) is 13.0. The monoisotopic (exact) mass is 424 g/mol. The van der Waals surface area contributed by atoms with Gasteiger partial charge >= 0.3 is 0 Å². The molecule has 0 fully saturated rings. The molecule has 8 heteroatoms. The maximum Gasteiger partial charge on any atom is 0.279 e. The van der Waals surface area contributed by atoms with Crippen LogP contribution in [0.15, 0.2) is 42.5 Å². The minimum absolute atomic E-state index is 0. The quantitative estimate of drug-likeness (QED) is 0.353. The summed E-state index contributed by atoms with van der Waals surface area (Å²) in [6.45, 7) is 2.87. The number of nitro benzene ring substituents is 1. The highest BCUT2D eigenvalue weighted by Crippen LogP contribution is 2.39. The van der Waals surface area contributed by atoms with E-state index in [1.807, 2.05) is 51.4 Å². The van der Waals surface area contributed by atoms with Crippen LogP contribution < -0.4 is 5.73 Å². The Bertz CT molecular complexity index is 977. The number of para-hydroxylation sites is 1. The zero-order valence-electron chi connectivity index (χ0n) is 16.2. The number of rotatable bonds is 6. The second-order valence-electron chi connectivity index (χ2n) is 7.26. The maximum absolute atomic E-state index is 11.7. The van der Waals surface area contributed by atoms with Crippen molar-refractivity contribution in [2.75, 3.05) is 20.6 Å². The van der Waals surface area contributed by atoms with Crippen molar-refractivity contribution in [2.45, 2.75) is 25.3 Å². The number of hydrogen-bond acceptors (Lipinski definition) is 5. The van der Waals surface area contributed by atoms with Crippen LogP contribution in [0.5, 0.6) is 0 Å². The van der Waals surface area contributed by atoms with Crippen LogP contribution in [0.1, 0.15) is 25.3 Å². The summed E-state index contributed by atoms with van der Waals surface area (Å²) in [7, 11) is 4.05. The van der Waals surface area contributed by atoms with Crippen molar-refractivity contribution in [2.24, 2.45) is 5.73 Å². The Morgan fingerprint density at radius 2 is 1.75 bits per heavy atom. The second-order valence-corrected chi connectivity index (χ2v) is 7.26. The molecule has 0 bridgehead atoms.